The predicted octanol–water partition coefficient (Wildman–Crippen LogP) is 6.06. The Balaban J connectivity index is -0.000000151. The van der Waals surface area contributed by atoms with Crippen LogP contribution in [0.4, 0.5) is 4.79 Å². The predicted molar refractivity (Wildman–Crippen MR) is 114 cm³/mol. The number of carbonyl (C=O) groups excluding carboxylic acids is 1. The van der Waals surface area contributed by atoms with Gasteiger partial charge in [0.15, 0.2) is 0 Å². The molecule has 0 aromatic carbocycles. The van der Waals surface area contributed by atoms with E-state index in [2.05, 4.69) is 26.1 Å². The maximum absolute atomic E-state index is 10.7. The Hall–Kier alpha value is -0.810. The Morgan fingerprint density at radius 3 is 1.92 bits per heavy atom. The molecule has 1 N–H and O–H groups in total. The van der Waals surface area contributed by atoms with Gasteiger partial charge in [0, 0.05) is 27.4 Å². The van der Waals surface area contributed by atoms with Gasteiger partial charge in [-0.05, 0) is 31.1 Å². The van der Waals surface area contributed by atoms with Gasteiger partial charge in [-0.2, -0.15) is 0 Å². The Morgan fingerprint density at radius 1 is 1.08 bits per heavy atom. The molecule has 1 saturated heterocycles. The lowest BCUT2D eigenvalue weighted by atomic mass is 9.93. The van der Waals surface area contributed by atoms with Crippen LogP contribution in [0.2, 0.25) is 0 Å². The van der Waals surface area contributed by atoms with Crippen molar-refractivity contribution in [3.8, 4) is 0 Å². The highest BCUT2D eigenvalue weighted by atomic mass is 16.6. The largest absolute Gasteiger partial charge is 0.447 e. The molecule has 0 radical (unpaired) electrons. The Kier molecular flexibility index (Phi) is 33.4. The number of hydrogen-bond donors (Lipinski definition) is 1. The quantitative estimate of drug-likeness (QED) is 0.645. The minimum Gasteiger partial charge on any atom is -0.447 e. The fraction of sp³-hybridized carbons (Fsp3) is 0.952. The number of rotatable bonds is 4. The van der Waals surface area contributed by atoms with Crippen molar-refractivity contribution in [3.05, 3.63) is 0 Å². The Morgan fingerprint density at radius 2 is 1.62 bits per heavy atom. The van der Waals surface area contributed by atoms with Crippen LogP contribution in [0.3, 0.4) is 0 Å². The van der Waals surface area contributed by atoms with E-state index in [4.69, 9.17) is 14.2 Å². The van der Waals surface area contributed by atoms with Crippen LogP contribution < -0.4 is 5.32 Å². The van der Waals surface area contributed by atoms with Gasteiger partial charge in [0.2, 0.25) is 0 Å². The molecular weight excluding hydrogens is 330 g/mol. The first-order valence-corrected chi connectivity index (χ1v) is 10.3. The maximum Gasteiger partial charge on any atom is 0.406 e. The van der Waals surface area contributed by atoms with Gasteiger partial charge in [-0.15, -0.1) is 0 Å². The molecule has 0 spiro atoms. The smallest absolute Gasteiger partial charge is 0.406 e. The van der Waals surface area contributed by atoms with Crippen molar-refractivity contribution in [2.45, 2.75) is 94.1 Å². The summed E-state index contributed by atoms with van der Waals surface area (Å²) in [5.41, 5.74) is 0.427. The fourth-order valence-electron chi connectivity index (χ4n) is 1.59. The van der Waals surface area contributed by atoms with Crippen LogP contribution >= 0.6 is 0 Å². The molecule has 1 atom stereocenters. The third-order valence-corrected chi connectivity index (χ3v) is 2.93. The molecular formula is C21H49NO4. The topological polar surface area (TPSA) is 56.8 Å². The van der Waals surface area contributed by atoms with E-state index in [1.54, 1.807) is 14.2 Å². The van der Waals surface area contributed by atoms with Gasteiger partial charge in [-0.1, -0.05) is 62.3 Å². The number of ether oxygens (including phenoxy) is 3. The van der Waals surface area contributed by atoms with Crippen LogP contribution in [0.5, 0.6) is 0 Å². The summed E-state index contributed by atoms with van der Waals surface area (Å²) in [6.07, 6.45) is 4.15. The average molecular weight is 380 g/mol. The van der Waals surface area contributed by atoms with Crippen LogP contribution in [-0.2, 0) is 14.2 Å². The zero-order valence-corrected chi connectivity index (χ0v) is 19.7. The van der Waals surface area contributed by atoms with Crippen LogP contribution in [0.25, 0.3) is 0 Å². The van der Waals surface area contributed by atoms with Crippen molar-refractivity contribution in [1.29, 1.82) is 0 Å². The molecule has 1 fully saturated rings. The van der Waals surface area contributed by atoms with Gasteiger partial charge in [-0.3, -0.25) is 0 Å². The fourth-order valence-corrected chi connectivity index (χ4v) is 1.59. The van der Waals surface area contributed by atoms with Crippen molar-refractivity contribution >= 4 is 6.09 Å². The van der Waals surface area contributed by atoms with Crippen molar-refractivity contribution < 1.29 is 19.0 Å². The average Bonchev–Trinajstić information content (AvgIpc) is 2.70. The summed E-state index contributed by atoms with van der Waals surface area (Å²) in [5, 5.41) is 2.39. The number of hydrogen-bond acceptors (Lipinski definition) is 4. The highest BCUT2D eigenvalue weighted by Gasteiger charge is 2.15. The minimum absolute atomic E-state index is 0.107. The van der Waals surface area contributed by atoms with Crippen LogP contribution in [0.15, 0.2) is 0 Å². The van der Waals surface area contributed by atoms with Gasteiger partial charge in [0.05, 0.1) is 6.10 Å². The summed E-state index contributed by atoms with van der Waals surface area (Å²) in [5.74, 6) is 0. The summed E-state index contributed by atoms with van der Waals surface area (Å²) in [6, 6.07) is 0. The lowest BCUT2D eigenvalue weighted by Crippen LogP contribution is -2.29. The number of amides is 1. The van der Waals surface area contributed by atoms with Gasteiger partial charge < -0.3 is 19.5 Å². The summed E-state index contributed by atoms with van der Waals surface area (Å²) in [7, 11) is 3.29. The maximum atomic E-state index is 10.7. The van der Waals surface area contributed by atoms with Gasteiger partial charge >= 0.3 is 6.09 Å². The molecule has 162 valence electrons. The monoisotopic (exact) mass is 379 g/mol. The van der Waals surface area contributed by atoms with E-state index >= 15 is 0 Å². The molecule has 0 saturated carbocycles. The molecule has 5 nitrogen and oxygen atoms in total. The molecule has 1 heterocycles. The minimum atomic E-state index is -0.385. The highest BCUT2D eigenvalue weighted by molar-refractivity contribution is 5.66. The van der Waals surface area contributed by atoms with Crippen molar-refractivity contribution in [2.24, 2.45) is 5.41 Å². The third kappa shape index (κ3) is 31.0. The standard InChI is InChI=1S/C8H15NO3.C7H16O.3C2H6/c1-9-8(10)12-6-7-4-2-3-5-11-7;1-7(2,3)5-6-8-4;3*1-2/h7H,2-6H2,1H3,(H,9,10);5-6H2,1-4H3;3*1-2H3. The van der Waals surface area contributed by atoms with Gasteiger partial charge in [0.25, 0.3) is 0 Å². The van der Waals surface area contributed by atoms with Crippen LogP contribution in [-0.4, -0.2) is 46.2 Å². The number of nitrogens with one attached hydrogen (secondary N) is 1. The van der Waals surface area contributed by atoms with E-state index in [0.717, 1.165) is 32.5 Å². The van der Waals surface area contributed by atoms with E-state index in [1.807, 2.05) is 41.5 Å². The zero-order valence-electron chi connectivity index (χ0n) is 19.7. The Bertz CT molecular complexity index is 247. The van der Waals surface area contributed by atoms with Crippen LogP contribution in [0, 0.1) is 5.41 Å². The molecule has 26 heavy (non-hydrogen) atoms. The molecule has 1 amide bonds. The Labute approximate surface area is 164 Å². The molecule has 0 aromatic heterocycles. The van der Waals surface area contributed by atoms with E-state index in [1.165, 1.54) is 6.42 Å². The first-order valence-electron chi connectivity index (χ1n) is 10.3. The first kappa shape index (κ1) is 32.8. The summed E-state index contributed by atoms with van der Waals surface area (Å²) >= 11 is 0. The third-order valence-electron chi connectivity index (χ3n) is 2.93. The second kappa shape index (κ2) is 26.4. The molecule has 1 unspecified atom stereocenters. The molecule has 0 aromatic rings. The normalized spacial score (nSPS) is 15.1. The molecule has 1 rings (SSSR count). The summed E-state index contributed by atoms with van der Waals surface area (Å²) in [6.45, 7) is 20.7. The van der Waals surface area contributed by atoms with Crippen molar-refractivity contribution in [2.75, 3.05) is 34.0 Å². The van der Waals surface area contributed by atoms with Gasteiger partial charge in [-0.25, -0.2) is 4.79 Å². The van der Waals surface area contributed by atoms with Crippen LogP contribution in [0.1, 0.15) is 88.0 Å². The van der Waals surface area contributed by atoms with Crippen molar-refractivity contribution in [1.82, 2.24) is 5.32 Å². The molecule has 1 aliphatic heterocycles. The summed E-state index contributed by atoms with van der Waals surface area (Å²) < 4.78 is 15.1. The first-order chi connectivity index (χ1) is 12.4. The van der Waals surface area contributed by atoms with Gasteiger partial charge in [0.1, 0.15) is 6.61 Å². The van der Waals surface area contributed by atoms with E-state index < -0.39 is 0 Å². The lowest BCUT2D eigenvalue weighted by molar-refractivity contribution is -0.0220. The van der Waals surface area contributed by atoms with E-state index in [0.29, 0.717) is 12.0 Å². The number of carbonyl (C=O) groups is 1. The van der Waals surface area contributed by atoms with E-state index in [9.17, 15) is 4.79 Å². The molecule has 1 aliphatic rings. The highest BCUT2D eigenvalue weighted by Crippen LogP contribution is 2.17. The number of alkyl carbamates (subject to hydrolysis) is 1. The van der Waals surface area contributed by atoms with E-state index in [-0.39, 0.29) is 12.2 Å². The lowest BCUT2D eigenvalue weighted by Gasteiger charge is -2.21. The summed E-state index contributed by atoms with van der Waals surface area (Å²) in [4.78, 5) is 10.7. The second-order valence-electron chi connectivity index (χ2n) is 6.14. The second-order valence-corrected chi connectivity index (χ2v) is 6.14. The van der Waals surface area contributed by atoms with Crippen molar-refractivity contribution in [3.63, 3.8) is 0 Å². The zero-order chi connectivity index (χ0) is 21.4. The number of methoxy groups -OCH3 is 1. The molecule has 0 aliphatic carbocycles. The molecule has 5 heteroatoms. The SMILES string of the molecule is CC.CC.CC.CNC(=O)OCC1CCCCO1.COCCC(C)(C)C. The molecule has 0 bridgehead atoms.